The first-order valence-electron chi connectivity index (χ1n) is 19.5. The molecule has 0 aliphatic carbocycles. The van der Waals surface area contributed by atoms with E-state index in [1.807, 2.05) is 6.08 Å². The van der Waals surface area contributed by atoms with Crippen LogP contribution in [0.25, 0.3) is 0 Å². The van der Waals surface area contributed by atoms with Gasteiger partial charge in [-0.3, -0.25) is 14.4 Å². The van der Waals surface area contributed by atoms with Gasteiger partial charge < -0.3 is 15.2 Å². The van der Waals surface area contributed by atoms with E-state index in [2.05, 4.69) is 37.4 Å². The third-order valence-electron chi connectivity index (χ3n) is 8.61. The summed E-state index contributed by atoms with van der Waals surface area (Å²) in [5, 5.41) is 11.1. The van der Waals surface area contributed by atoms with Crippen LogP contribution < -0.4 is 5.32 Å². The maximum absolute atomic E-state index is 12.6. The van der Waals surface area contributed by atoms with Crippen LogP contribution in [0.5, 0.6) is 0 Å². The number of carbonyl (C=O) groups is 3. The number of rotatable bonds is 35. The van der Waals surface area contributed by atoms with E-state index in [0.29, 0.717) is 12.8 Å². The van der Waals surface area contributed by atoms with Crippen LogP contribution in [0.4, 0.5) is 0 Å². The number of nitrogens with one attached hydrogen (secondary N) is 1. The van der Waals surface area contributed by atoms with Crippen molar-refractivity contribution in [2.75, 3.05) is 6.54 Å². The topological polar surface area (TPSA) is 92.7 Å². The average molecular weight is 648 g/mol. The number of carboxylic acid groups (broad SMARTS) is 1. The lowest BCUT2D eigenvalue weighted by Gasteiger charge is -2.14. The summed E-state index contributed by atoms with van der Waals surface area (Å²) in [7, 11) is 0. The Labute approximate surface area is 284 Å². The molecule has 6 nitrogen and oxygen atoms in total. The van der Waals surface area contributed by atoms with Gasteiger partial charge in [0.05, 0.1) is 0 Å². The average Bonchev–Trinajstić information content (AvgIpc) is 3.04. The quantitative estimate of drug-likeness (QED) is 0.0405. The zero-order chi connectivity index (χ0) is 33.8. The lowest BCUT2D eigenvalue weighted by molar-refractivity contribution is -0.147. The van der Waals surface area contributed by atoms with Crippen LogP contribution in [0.2, 0.25) is 0 Å². The van der Waals surface area contributed by atoms with E-state index >= 15 is 0 Å². The number of hydrogen-bond donors (Lipinski definition) is 2. The first-order chi connectivity index (χ1) is 22.5. The predicted octanol–water partition coefficient (Wildman–Crippen LogP) is 11.6. The number of amides is 1. The fourth-order valence-electron chi connectivity index (χ4n) is 5.70. The molecule has 0 aromatic carbocycles. The SMILES string of the molecule is CCCCCC/C=C\C/C=C\C(CCCCCCC(=O)NCC(=O)O)OC(=O)CCCCCCCCCCCCCCCCCC. The van der Waals surface area contributed by atoms with Gasteiger partial charge in [0.25, 0.3) is 0 Å². The molecule has 0 aliphatic heterocycles. The summed E-state index contributed by atoms with van der Waals surface area (Å²) in [6, 6.07) is 0. The van der Waals surface area contributed by atoms with Crippen molar-refractivity contribution < 1.29 is 24.2 Å². The van der Waals surface area contributed by atoms with E-state index in [1.165, 1.54) is 116 Å². The number of allylic oxidation sites excluding steroid dienone is 3. The molecular weight excluding hydrogens is 574 g/mol. The minimum absolute atomic E-state index is 0.0958. The molecule has 0 aliphatic rings. The molecular formula is C40H73NO5. The molecule has 1 unspecified atom stereocenters. The smallest absolute Gasteiger partial charge is 0.322 e. The summed E-state index contributed by atoms with van der Waals surface area (Å²) in [5.41, 5.74) is 0. The highest BCUT2D eigenvalue weighted by atomic mass is 16.5. The van der Waals surface area contributed by atoms with Gasteiger partial charge in [0.1, 0.15) is 12.6 Å². The second kappa shape index (κ2) is 35.7. The van der Waals surface area contributed by atoms with Crippen LogP contribution in [-0.2, 0) is 19.1 Å². The Morgan fingerprint density at radius 1 is 0.587 bits per heavy atom. The van der Waals surface area contributed by atoms with Crippen LogP contribution in [-0.4, -0.2) is 35.6 Å². The van der Waals surface area contributed by atoms with E-state index in [0.717, 1.165) is 57.8 Å². The minimum atomic E-state index is -1.03. The number of hydrogen-bond acceptors (Lipinski definition) is 4. The molecule has 0 saturated carbocycles. The summed E-state index contributed by atoms with van der Waals surface area (Å²) >= 11 is 0. The number of esters is 1. The molecule has 0 saturated heterocycles. The second-order valence-corrected chi connectivity index (χ2v) is 13.2. The standard InChI is InChI=1S/C40H73NO5/c1-3-5-7-9-11-13-14-15-16-17-18-19-21-23-25-31-35-40(45)46-37(32-28-24-22-20-12-10-8-6-4-2)33-29-26-27-30-34-38(42)41-36-39(43)44/h20,22,28,32,37H,3-19,21,23-27,29-31,33-36H2,1-2H3,(H,41,42)(H,43,44)/b22-20-,32-28-. The lowest BCUT2D eigenvalue weighted by atomic mass is 10.0. The Balaban J connectivity index is 4.14. The Morgan fingerprint density at radius 3 is 1.61 bits per heavy atom. The summed E-state index contributed by atoms with van der Waals surface area (Å²) < 4.78 is 5.88. The molecule has 0 rings (SSSR count). The third-order valence-corrected chi connectivity index (χ3v) is 8.61. The number of carbonyl (C=O) groups excluding carboxylic acids is 2. The molecule has 0 fully saturated rings. The second-order valence-electron chi connectivity index (χ2n) is 13.2. The van der Waals surface area contributed by atoms with Crippen molar-refractivity contribution >= 4 is 17.8 Å². The number of aliphatic carboxylic acids is 1. The molecule has 0 aromatic heterocycles. The van der Waals surface area contributed by atoms with Crippen LogP contribution in [0.15, 0.2) is 24.3 Å². The van der Waals surface area contributed by atoms with Gasteiger partial charge in [0.15, 0.2) is 0 Å². The van der Waals surface area contributed by atoms with Gasteiger partial charge in [-0.05, 0) is 51.0 Å². The largest absolute Gasteiger partial charge is 0.480 e. The predicted molar refractivity (Wildman–Crippen MR) is 194 cm³/mol. The van der Waals surface area contributed by atoms with Crippen molar-refractivity contribution in [1.82, 2.24) is 5.32 Å². The Kier molecular flexibility index (Phi) is 34.1. The lowest BCUT2D eigenvalue weighted by Crippen LogP contribution is -2.28. The van der Waals surface area contributed by atoms with Crippen molar-refractivity contribution in [2.45, 2.75) is 206 Å². The molecule has 46 heavy (non-hydrogen) atoms. The number of carboxylic acids is 1. The van der Waals surface area contributed by atoms with E-state index in [4.69, 9.17) is 9.84 Å². The molecule has 0 heterocycles. The van der Waals surface area contributed by atoms with Gasteiger partial charge in [-0.2, -0.15) is 0 Å². The molecule has 0 radical (unpaired) electrons. The normalized spacial score (nSPS) is 12.2. The van der Waals surface area contributed by atoms with Crippen LogP contribution in [0, 0.1) is 0 Å². The maximum atomic E-state index is 12.6. The number of unbranched alkanes of at least 4 members (excludes halogenated alkanes) is 22. The van der Waals surface area contributed by atoms with Gasteiger partial charge >= 0.3 is 11.9 Å². The molecule has 268 valence electrons. The molecule has 0 spiro atoms. The van der Waals surface area contributed by atoms with Crippen LogP contribution in [0.3, 0.4) is 0 Å². The van der Waals surface area contributed by atoms with Crippen LogP contribution >= 0.6 is 0 Å². The minimum Gasteiger partial charge on any atom is -0.480 e. The van der Waals surface area contributed by atoms with E-state index in [1.54, 1.807) is 0 Å². The van der Waals surface area contributed by atoms with Crippen molar-refractivity contribution in [3.8, 4) is 0 Å². The Bertz CT molecular complexity index is 763. The monoisotopic (exact) mass is 648 g/mol. The highest BCUT2D eigenvalue weighted by Gasteiger charge is 2.12. The highest BCUT2D eigenvalue weighted by molar-refractivity contribution is 5.80. The van der Waals surface area contributed by atoms with E-state index in [-0.39, 0.29) is 24.5 Å². The Hall–Kier alpha value is -2.11. The zero-order valence-electron chi connectivity index (χ0n) is 30.2. The van der Waals surface area contributed by atoms with Crippen LogP contribution in [0.1, 0.15) is 200 Å². The van der Waals surface area contributed by atoms with Gasteiger partial charge in [-0.15, -0.1) is 0 Å². The van der Waals surface area contributed by atoms with Crippen molar-refractivity contribution in [3.05, 3.63) is 24.3 Å². The van der Waals surface area contributed by atoms with Crippen molar-refractivity contribution in [1.29, 1.82) is 0 Å². The van der Waals surface area contributed by atoms with Crippen molar-refractivity contribution in [2.24, 2.45) is 0 Å². The first kappa shape index (κ1) is 43.9. The zero-order valence-corrected chi connectivity index (χ0v) is 30.2. The summed E-state index contributed by atoms with van der Waals surface area (Å²) in [6.07, 6.45) is 41.7. The summed E-state index contributed by atoms with van der Waals surface area (Å²) in [6.45, 7) is 4.18. The summed E-state index contributed by atoms with van der Waals surface area (Å²) in [5.74, 6) is -1.34. The number of ether oxygens (including phenoxy) is 1. The molecule has 0 bridgehead atoms. The van der Waals surface area contributed by atoms with E-state index < -0.39 is 5.97 Å². The fraction of sp³-hybridized carbons (Fsp3) is 0.825. The highest BCUT2D eigenvalue weighted by Crippen LogP contribution is 2.16. The maximum Gasteiger partial charge on any atom is 0.322 e. The molecule has 0 aromatic rings. The van der Waals surface area contributed by atoms with Gasteiger partial charge in [0, 0.05) is 12.8 Å². The fourth-order valence-corrected chi connectivity index (χ4v) is 5.70. The molecule has 1 atom stereocenters. The van der Waals surface area contributed by atoms with Gasteiger partial charge in [-0.25, -0.2) is 0 Å². The third kappa shape index (κ3) is 34.8. The molecule has 1 amide bonds. The Morgan fingerprint density at radius 2 is 1.07 bits per heavy atom. The summed E-state index contributed by atoms with van der Waals surface area (Å²) in [4.78, 5) is 34.9. The van der Waals surface area contributed by atoms with Crippen molar-refractivity contribution in [3.63, 3.8) is 0 Å². The first-order valence-corrected chi connectivity index (χ1v) is 19.5. The van der Waals surface area contributed by atoms with Gasteiger partial charge in [-0.1, -0.05) is 160 Å². The van der Waals surface area contributed by atoms with E-state index in [9.17, 15) is 14.4 Å². The van der Waals surface area contributed by atoms with Gasteiger partial charge in [0.2, 0.25) is 5.91 Å². The molecule has 6 heteroatoms. The molecule has 2 N–H and O–H groups in total.